The molecule has 0 aliphatic carbocycles. The Hall–Kier alpha value is -0.930. The minimum absolute atomic E-state index is 0.141. The van der Waals surface area contributed by atoms with E-state index in [0.717, 1.165) is 18.7 Å². The largest absolute Gasteiger partial charge is 0.311 e. The predicted molar refractivity (Wildman–Crippen MR) is 77.7 cm³/mol. The van der Waals surface area contributed by atoms with E-state index >= 15 is 0 Å². The number of nitrogens with one attached hydrogen (secondary N) is 1. The van der Waals surface area contributed by atoms with Gasteiger partial charge in [0.25, 0.3) is 0 Å². The molecule has 1 heterocycles. The number of nitrogens with zero attached hydrogens (tertiary/aromatic N) is 1. The van der Waals surface area contributed by atoms with Gasteiger partial charge in [0.15, 0.2) is 0 Å². The standard InChI is InChI=1S/C16H25FN2/c1-4-6-16-11-19(12(2)10-18-16)13(3)14-7-5-8-15(17)9-14/h5,7-9,12-13,16,18H,4,6,10-11H2,1-3H3. The highest BCUT2D eigenvalue weighted by molar-refractivity contribution is 5.20. The highest BCUT2D eigenvalue weighted by Gasteiger charge is 2.28. The van der Waals surface area contributed by atoms with Crippen molar-refractivity contribution in [1.82, 2.24) is 10.2 Å². The third-order valence-electron chi connectivity index (χ3n) is 4.16. The Morgan fingerprint density at radius 2 is 2.26 bits per heavy atom. The van der Waals surface area contributed by atoms with E-state index in [1.165, 1.54) is 18.9 Å². The topological polar surface area (TPSA) is 15.3 Å². The molecule has 3 unspecified atom stereocenters. The van der Waals surface area contributed by atoms with Crippen LogP contribution in [0.3, 0.4) is 0 Å². The maximum Gasteiger partial charge on any atom is 0.123 e. The van der Waals surface area contributed by atoms with Crippen molar-refractivity contribution in [1.29, 1.82) is 0 Å². The van der Waals surface area contributed by atoms with Crippen molar-refractivity contribution in [3.63, 3.8) is 0 Å². The van der Waals surface area contributed by atoms with E-state index < -0.39 is 0 Å². The summed E-state index contributed by atoms with van der Waals surface area (Å²) in [5, 5.41) is 3.60. The van der Waals surface area contributed by atoms with Crippen LogP contribution in [0.25, 0.3) is 0 Å². The number of hydrogen-bond donors (Lipinski definition) is 1. The van der Waals surface area contributed by atoms with Gasteiger partial charge in [-0.25, -0.2) is 4.39 Å². The summed E-state index contributed by atoms with van der Waals surface area (Å²) >= 11 is 0. The van der Waals surface area contributed by atoms with E-state index in [4.69, 9.17) is 0 Å². The molecule has 1 aromatic carbocycles. The van der Waals surface area contributed by atoms with Gasteiger partial charge in [0, 0.05) is 31.2 Å². The van der Waals surface area contributed by atoms with E-state index in [2.05, 4.69) is 31.0 Å². The second kappa shape index (κ2) is 6.49. The number of piperazine rings is 1. The van der Waals surface area contributed by atoms with Crippen LogP contribution in [0.5, 0.6) is 0 Å². The highest BCUT2D eigenvalue weighted by atomic mass is 19.1. The Labute approximate surface area is 116 Å². The number of halogens is 1. The van der Waals surface area contributed by atoms with E-state index in [1.54, 1.807) is 12.1 Å². The van der Waals surface area contributed by atoms with Gasteiger partial charge in [-0.1, -0.05) is 25.5 Å². The number of hydrogen-bond acceptors (Lipinski definition) is 2. The maximum atomic E-state index is 13.4. The van der Waals surface area contributed by atoms with E-state index in [-0.39, 0.29) is 11.9 Å². The molecule has 3 heteroatoms. The summed E-state index contributed by atoms with van der Waals surface area (Å²) in [6, 6.07) is 8.33. The quantitative estimate of drug-likeness (QED) is 0.897. The van der Waals surface area contributed by atoms with Gasteiger partial charge in [0.1, 0.15) is 5.82 Å². The number of benzene rings is 1. The van der Waals surface area contributed by atoms with Gasteiger partial charge in [0.2, 0.25) is 0 Å². The molecule has 1 N–H and O–H groups in total. The smallest absolute Gasteiger partial charge is 0.123 e. The van der Waals surface area contributed by atoms with Crippen molar-refractivity contribution in [3.05, 3.63) is 35.6 Å². The Bertz CT molecular complexity index is 407. The molecule has 0 radical (unpaired) electrons. The lowest BCUT2D eigenvalue weighted by Crippen LogP contribution is -2.55. The van der Waals surface area contributed by atoms with Gasteiger partial charge in [-0.05, 0) is 38.0 Å². The molecule has 2 rings (SSSR count). The second-order valence-corrected chi connectivity index (χ2v) is 5.67. The van der Waals surface area contributed by atoms with Gasteiger partial charge < -0.3 is 5.32 Å². The average molecular weight is 264 g/mol. The van der Waals surface area contributed by atoms with Gasteiger partial charge in [0.05, 0.1) is 0 Å². The first-order valence-electron chi connectivity index (χ1n) is 7.36. The molecule has 106 valence electrons. The van der Waals surface area contributed by atoms with Crippen molar-refractivity contribution in [2.24, 2.45) is 0 Å². The zero-order valence-corrected chi connectivity index (χ0v) is 12.2. The van der Waals surface area contributed by atoms with Crippen molar-refractivity contribution in [3.8, 4) is 0 Å². The molecule has 0 amide bonds. The molecule has 1 aliphatic heterocycles. The van der Waals surface area contributed by atoms with Gasteiger partial charge in [-0.2, -0.15) is 0 Å². The van der Waals surface area contributed by atoms with Crippen molar-refractivity contribution in [2.45, 2.75) is 51.7 Å². The van der Waals surface area contributed by atoms with Gasteiger partial charge >= 0.3 is 0 Å². The first kappa shape index (κ1) is 14.5. The Morgan fingerprint density at radius 3 is 2.95 bits per heavy atom. The lowest BCUT2D eigenvalue weighted by atomic mass is 10.00. The molecule has 1 saturated heterocycles. The lowest BCUT2D eigenvalue weighted by Gasteiger charge is -2.42. The molecule has 1 aliphatic rings. The highest BCUT2D eigenvalue weighted by Crippen LogP contribution is 2.25. The third kappa shape index (κ3) is 3.54. The molecule has 19 heavy (non-hydrogen) atoms. The second-order valence-electron chi connectivity index (χ2n) is 5.67. The van der Waals surface area contributed by atoms with Crippen LogP contribution in [-0.2, 0) is 0 Å². The summed E-state index contributed by atoms with van der Waals surface area (Å²) in [6.45, 7) is 8.71. The Balaban J connectivity index is 2.09. The van der Waals surface area contributed by atoms with Crippen LogP contribution >= 0.6 is 0 Å². The van der Waals surface area contributed by atoms with Crippen LogP contribution < -0.4 is 5.32 Å². The fourth-order valence-corrected chi connectivity index (χ4v) is 2.99. The normalized spacial score (nSPS) is 26.3. The summed E-state index contributed by atoms with van der Waals surface area (Å²) in [5.41, 5.74) is 1.07. The van der Waals surface area contributed by atoms with E-state index in [9.17, 15) is 4.39 Å². The Kier molecular flexibility index (Phi) is 4.94. The Morgan fingerprint density at radius 1 is 1.47 bits per heavy atom. The molecule has 3 atom stereocenters. The minimum atomic E-state index is -0.141. The maximum absolute atomic E-state index is 13.4. The summed E-state index contributed by atoms with van der Waals surface area (Å²) in [5.74, 6) is -0.141. The molecule has 0 saturated carbocycles. The number of rotatable bonds is 4. The molecular weight excluding hydrogens is 239 g/mol. The van der Waals surface area contributed by atoms with Crippen molar-refractivity contribution >= 4 is 0 Å². The average Bonchev–Trinajstić information content (AvgIpc) is 2.40. The first-order valence-corrected chi connectivity index (χ1v) is 7.36. The van der Waals surface area contributed by atoms with Crippen LogP contribution in [-0.4, -0.2) is 30.1 Å². The fraction of sp³-hybridized carbons (Fsp3) is 0.625. The summed E-state index contributed by atoms with van der Waals surface area (Å²) in [7, 11) is 0. The van der Waals surface area contributed by atoms with Crippen LogP contribution in [0, 0.1) is 5.82 Å². The zero-order chi connectivity index (χ0) is 13.8. The molecule has 0 bridgehead atoms. The molecular formula is C16H25FN2. The van der Waals surface area contributed by atoms with Crippen LogP contribution in [0.15, 0.2) is 24.3 Å². The monoisotopic (exact) mass is 264 g/mol. The fourth-order valence-electron chi connectivity index (χ4n) is 2.99. The van der Waals surface area contributed by atoms with Gasteiger partial charge in [-0.3, -0.25) is 4.90 Å². The molecule has 1 fully saturated rings. The SMILES string of the molecule is CCCC1CN(C(C)c2cccc(F)c2)C(C)CN1. The van der Waals surface area contributed by atoms with Crippen LogP contribution in [0.1, 0.15) is 45.2 Å². The van der Waals surface area contributed by atoms with Crippen LogP contribution in [0.2, 0.25) is 0 Å². The zero-order valence-electron chi connectivity index (χ0n) is 12.2. The van der Waals surface area contributed by atoms with Crippen molar-refractivity contribution in [2.75, 3.05) is 13.1 Å². The summed E-state index contributed by atoms with van der Waals surface area (Å²) in [6.07, 6.45) is 2.41. The van der Waals surface area contributed by atoms with E-state index in [0.29, 0.717) is 12.1 Å². The van der Waals surface area contributed by atoms with Crippen LogP contribution in [0.4, 0.5) is 4.39 Å². The molecule has 1 aromatic rings. The third-order valence-corrected chi connectivity index (χ3v) is 4.16. The minimum Gasteiger partial charge on any atom is -0.311 e. The molecule has 0 aromatic heterocycles. The first-order chi connectivity index (χ1) is 9.11. The lowest BCUT2D eigenvalue weighted by molar-refractivity contribution is 0.0957. The summed E-state index contributed by atoms with van der Waals surface area (Å²) < 4.78 is 13.4. The predicted octanol–water partition coefficient (Wildman–Crippen LogP) is 3.35. The van der Waals surface area contributed by atoms with Gasteiger partial charge in [-0.15, -0.1) is 0 Å². The molecule has 2 nitrogen and oxygen atoms in total. The summed E-state index contributed by atoms with van der Waals surface area (Å²) in [4.78, 5) is 2.49. The van der Waals surface area contributed by atoms with Crippen molar-refractivity contribution < 1.29 is 4.39 Å². The molecule has 0 spiro atoms. The van der Waals surface area contributed by atoms with E-state index in [1.807, 2.05) is 6.07 Å².